The maximum atomic E-state index is 13.6. The van der Waals surface area contributed by atoms with E-state index in [0.717, 1.165) is 5.56 Å². The van der Waals surface area contributed by atoms with Gasteiger partial charge in [-0.2, -0.15) is 0 Å². The fraction of sp³-hybridized carbons (Fsp3) is 0.609. The van der Waals surface area contributed by atoms with E-state index in [1.807, 2.05) is 30.3 Å². The van der Waals surface area contributed by atoms with Crippen molar-refractivity contribution in [2.75, 3.05) is 19.8 Å². The summed E-state index contributed by atoms with van der Waals surface area (Å²) in [5, 5.41) is 12.2. The molecule has 1 spiro atoms. The Morgan fingerprint density at radius 1 is 1.31 bits per heavy atom. The third-order valence-electron chi connectivity index (χ3n) is 6.71. The van der Waals surface area contributed by atoms with Crippen molar-refractivity contribution in [3.05, 3.63) is 35.9 Å². The number of hydrogen-bond donors (Lipinski definition) is 2. The van der Waals surface area contributed by atoms with Crippen molar-refractivity contribution in [3.63, 3.8) is 0 Å². The lowest BCUT2D eigenvalue weighted by Gasteiger charge is -2.34. The summed E-state index contributed by atoms with van der Waals surface area (Å²) < 4.78 is 11.6. The highest BCUT2D eigenvalue weighted by atomic mass is 79.9. The quantitative estimate of drug-likeness (QED) is 0.296. The van der Waals surface area contributed by atoms with E-state index in [4.69, 9.17) is 9.47 Å². The largest absolute Gasteiger partial charge is 0.466 e. The van der Waals surface area contributed by atoms with Crippen LogP contribution in [0.25, 0.3) is 0 Å². The number of benzene rings is 1. The van der Waals surface area contributed by atoms with Gasteiger partial charge in [0.2, 0.25) is 11.8 Å². The molecular weight excluding hydrogens is 480 g/mol. The molecule has 3 aliphatic heterocycles. The number of hydrogen-bond acceptors (Lipinski definition) is 6. The first-order chi connectivity index (χ1) is 15.4. The summed E-state index contributed by atoms with van der Waals surface area (Å²) in [6, 6.07) is 8.71. The SMILES string of the molecule is CCOC(=O)[C@@H]1[C@H]2O[C@@]3(CC2Br)[C@H](C(=O)NCc2ccccc2)N(CCCCO)C(=O)[C@@H]13. The standard InChI is InChI=1S/C23H29BrN2O6/c1-2-31-22(30)16-17-21(29)26(10-6-7-11-27)19(23(17)12-15(24)18(16)32-23)20(28)25-13-14-8-4-3-5-9-14/h3-5,8-9,15-19,27H,2,6-7,10-13H2,1H3,(H,25,28)/t15?,16-,17+,18-,19-,23+/m0/s1. The van der Waals surface area contributed by atoms with Crippen LogP contribution in [0.4, 0.5) is 0 Å². The number of aliphatic hydroxyl groups excluding tert-OH is 1. The lowest BCUT2D eigenvalue weighted by atomic mass is 9.70. The van der Waals surface area contributed by atoms with E-state index >= 15 is 0 Å². The average molecular weight is 509 g/mol. The molecule has 1 aromatic carbocycles. The number of esters is 1. The Kier molecular flexibility index (Phi) is 6.88. The van der Waals surface area contributed by atoms with Crippen molar-refractivity contribution in [3.8, 4) is 0 Å². The van der Waals surface area contributed by atoms with E-state index in [2.05, 4.69) is 21.2 Å². The number of halogens is 1. The van der Waals surface area contributed by atoms with Gasteiger partial charge in [-0.25, -0.2) is 0 Å². The molecule has 3 saturated heterocycles. The van der Waals surface area contributed by atoms with Crippen LogP contribution in [0.1, 0.15) is 31.7 Å². The van der Waals surface area contributed by atoms with Gasteiger partial charge in [0, 0.05) is 24.5 Å². The van der Waals surface area contributed by atoms with Crippen molar-refractivity contribution in [2.45, 2.75) is 55.3 Å². The summed E-state index contributed by atoms with van der Waals surface area (Å²) in [5.41, 5.74) is -0.127. The molecule has 3 aliphatic rings. The fourth-order valence-corrected chi connectivity index (χ4v) is 6.40. The Morgan fingerprint density at radius 3 is 2.75 bits per heavy atom. The second-order valence-corrected chi connectivity index (χ2v) is 9.76. The number of nitrogens with zero attached hydrogens (tertiary/aromatic N) is 1. The highest BCUT2D eigenvalue weighted by molar-refractivity contribution is 9.09. The van der Waals surface area contributed by atoms with Gasteiger partial charge in [-0.15, -0.1) is 0 Å². The Labute approximate surface area is 195 Å². The summed E-state index contributed by atoms with van der Waals surface area (Å²) in [6.07, 6.45) is 1.03. The summed E-state index contributed by atoms with van der Waals surface area (Å²) in [7, 11) is 0. The summed E-state index contributed by atoms with van der Waals surface area (Å²) >= 11 is 3.62. The van der Waals surface area contributed by atoms with Crippen molar-refractivity contribution < 1.29 is 29.0 Å². The van der Waals surface area contributed by atoms with Crippen LogP contribution >= 0.6 is 15.9 Å². The van der Waals surface area contributed by atoms with Gasteiger partial charge in [-0.1, -0.05) is 46.3 Å². The summed E-state index contributed by atoms with van der Waals surface area (Å²) in [6.45, 7) is 2.60. The number of unbranched alkanes of at least 4 members (excludes halogenated alkanes) is 1. The Hall–Kier alpha value is -1.97. The number of carbonyl (C=O) groups excluding carboxylic acids is 3. The van der Waals surface area contributed by atoms with Crippen molar-refractivity contribution in [1.29, 1.82) is 0 Å². The highest BCUT2D eigenvalue weighted by Gasteiger charge is 2.76. The van der Waals surface area contributed by atoms with Crippen molar-refractivity contribution >= 4 is 33.7 Å². The third-order valence-corrected chi connectivity index (χ3v) is 7.56. The summed E-state index contributed by atoms with van der Waals surface area (Å²) in [5.74, 6) is -2.49. The zero-order chi connectivity index (χ0) is 22.9. The minimum Gasteiger partial charge on any atom is -0.466 e. The van der Waals surface area contributed by atoms with E-state index in [1.165, 1.54) is 0 Å². The zero-order valence-corrected chi connectivity index (χ0v) is 19.6. The molecule has 9 heteroatoms. The molecule has 0 saturated carbocycles. The van der Waals surface area contributed by atoms with Crippen LogP contribution in [0.15, 0.2) is 30.3 Å². The van der Waals surface area contributed by atoms with E-state index in [1.54, 1.807) is 11.8 Å². The number of ether oxygens (including phenoxy) is 2. The first kappa shape index (κ1) is 23.2. The number of carbonyl (C=O) groups is 3. The second kappa shape index (κ2) is 9.49. The van der Waals surface area contributed by atoms with Crippen LogP contribution in [-0.4, -0.2) is 70.1 Å². The van der Waals surface area contributed by atoms with Gasteiger partial charge in [-0.3, -0.25) is 14.4 Å². The van der Waals surface area contributed by atoms with Gasteiger partial charge in [0.1, 0.15) is 11.6 Å². The molecule has 1 aromatic rings. The van der Waals surface area contributed by atoms with Crippen LogP contribution in [-0.2, 0) is 30.4 Å². The minimum atomic E-state index is -1.08. The number of nitrogens with one attached hydrogen (secondary N) is 1. The summed E-state index contributed by atoms with van der Waals surface area (Å²) in [4.78, 5) is 41.2. The monoisotopic (exact) mass is 508 g/mol. The van der Waals surface area contributed by atoms with Gasteiger partial charge < -0.3 is 24.8 Å². The van der Waals surface area contributed by atoms with Crippen LogP contribution < -0.4 is 5.32 Å². The predicted octanol–water partition coefficient (Wildman–Crippen LogP) is 1.39. The second-order valence-electron chi connectivity index (χ2n) is 8.58. The normalized spacial score (nSPS) is 32.8. The van der Waals surface area contributed by atoms with Crippen LogP contribution in [0.2, 0.25) is 0 Å². The average Bonchev–Trinajstić information content (AvgIpc) is 3.37. The molecule has 174 valence electrons. The number of amides is 2. The van der Waals surface area contributed by atoms with Gasteiger partial charge in [-0.05, 0) is 31.7 Å². The molecule has 2 amide bonds. The molecule has 4 rings (SSSR count). The smallest absolute Gasteiger partial charge is 0.312 e. The molecule has 0 radical (unpaired) electrons. The van der Waals surface area contributed by atoms with E-state index < -0.39 is 35.6 Å². The molecule has 1 unspecified atom stereocenters. The lowest BCUT2D eigenvalue weighted by Crippen LogP contribution is -2.55. The maximum absolute atomic E-state index is 13.6. The molecule has 8 nitrogen and oxygen atoms in total. The molecule has 6 atom stereocenters. The number of alkyl halides is 1. The third kappa shape index (κ3) is 3.84. The Bertz CT molecular complexity index is 867. The van der Waals surface area contributed by atoms with E-state index in [0.29, 0.717) is 32.4 Å². The first-order valence-corrected chi connectivity index (χ1v) is 12.1. The predicted molar refractivity (Wildman–Crippen MR) is 119 cm³/mol. The maximum Gasteiger partial charge on any atom is 0.312 e. The number of fused-ring (bicyclic) bond motifs is 1. The van der Waals surface area contributed by atoms with Gasteiger partial charge in [0.05, 0.1) is 24.5 Å². The first-order valence-electron chi connectivity index (χ1n) is 11.2. The zero-order valence-electron chi connectivity index (χ0n) is 18.0. The molecule has 3 heterocycles. The topological polar surface area (TPSA) is 105 Å². The van der Waals surface area contributed by atoms with Crippen molar-refractivity contribution in [1.82, 2.24) is 10.2 Å². The Balaban J connectivity index is 1.63. The van der Waals surface area contributed by atoms with Gasteiger partial charge >= 0.3 is 5.97 Å². The highest BCUT2D eigenvalue weighted by Crippen LogP contribution is 2.60. The number of aliphatic hydroxyl groups is 1. The van der Waals surface area contributed by atoms with Crippen LogP contribution in [0, 0.1) is 11.8 Å². The molecule has 2 bridgehead atoms. The molecule has 2 N–H and O–H groups in total. The molecular formula is C23H29BrN2O6. The molecule has 0 aliphatic carbocycles. The van der Waals surface area contributed by atoms with Gasteiger partial charge in [0.15, 0.2) is 0 Å². The Morgan fingerprint density at radius 2 is 2.06 bits per heavy atom. The van der Waals surface area contributed by atoms with Crippen LogP contribution in [0.3, 0.4) is 0 Å². The van der Waals surface area contributed by atoms with E-state index in [-0.39, 0.29) is 29.9 Å². The minimum absolute atomic E-state index is 0.00890. The number of likely N-dealkylation sites (tertiary alicyclic amines) is 1. The molecule has 3 fully saturated rings. The van der Waals surface area contributed by atoms with Gasteiger partial charge in [0.25, 0.3) is 0 Å². The lowest BCUT2D eigenvalue weighted by molar-refractivity contribution is -0.154. The van der Waals surface area contributed by atoms with E-state index in [9.17, 15) is 19.5 Å². The van der Waals surface area contributed by atoms with Crippen molar-refractivity contribution in [2.24, 2.45) is 11.8 Å². The molecule has 0 aromatic heterocycles. The molecule has 32 heavy (non-hydrogen) atoms. The fourth-order valence-electron chi connectivity index (χ4n) is 5.45. The van der Waals surface area contributed by atoms with Crippen LogP contribution in [0.5, 0.6) is 0 Å². The number of rotatable bonds is 9.